The molecule has 0 aromatic rings. The van der Waals surface area contributed by atoms with Crippen LogP contribution in [-0.4, -0.2) is 53.4 Å². The van der Waals surface area contributed by atoms with Gasteiger partial charge in [0.05, 0.1) is 0 Å². The maximum atomic E-state index is 13.3. The van der Waals surface area contributed by atoms with E-state index in [2.05, 4.69) is 4.74 Å². The molecule has 0 bridgehead atoms. The van der Waals surface area contributed by atoms with Gasteiger partial charge in [-0.05, 0) is 18.8 Å². The van der Waals surface area contributed by atoms with Crippen molar-refractivity contribution in [2.24, 2.45) is 5.92 Å². The Morgan fingerprint density at radius 1 is 0.964 bits per heavy atom. The van der Waals surface area contributed by atoms with E-state index in [1.807, 2.05) is 0 Å². The van der Waals surface area contributed by atoms with Crippen LogP contribution in [0.1, 0.15) is 38.5 Å². The number of hydrogen-bond donors (Lipinski definition) is 2. The van der Waals surface area contributed by atoms with Gasteiger partial charge >= 0.3 is 33.7 Å². The molecule has 0 heterocycles. The average Bonchev–Trinajstić information content (AvgIpc) is 2.51. The molecule has 166 valence electrons. The molecule has 1 fully saturated rings. The summed E-state index contributed by atoms with van der Waals surface area (Å²) in [5.41, 5.74) is -5.39. The molecule has 1 atom stereocenters. The highest BCUT2D eigenvalue weighted by Gasteiger charge is 2.71. The molecule has 0 aromatic heterocycles. The summed E-state index contributed by atoms with van der Waals surface area (Å²) in [7, 11) is -6.39. The Morgan fingerprint density at radius 2 is 1.39 bits per heavy atom. The van der Waals surface area contributed by atoms with Crippen LogP contribution >= 0.6 is 0 Å². The van der Waals surface area contributed by atoms with Crippen molar-refractivity contribution in [3.05, 3.63) is 0 Å². The van der Waals surface area contributed by atoms with E-state index in [-0.39, 0.29) is 25.7 Å². The Labute approximate surface area is 153 Å². The molecule has 15 heteroatoms. The monoisotopic (exact) mass is 452 g/mol. The van der Waals surface area contributed by atoms with Crippen LogP contribution in [0, 0.1) is 5.92 Å². The number of halogens is 8. The summed E-state index contributed by atoms with van der Waals surface area (Å²) in [4.78, 5) is 11.4. The minimum atomic E-state index is -6.39. The van der Waals surface area contributed by atoms with Gasteiger partial charge in [-0.1, -0.05) is 19.3 Å². The largest absolute Gasteiger partial charge is 0.465 e. The highest BCUT2D eigenvalue weighted by atomic mass is 32.2. The number of hydrogen-bond acceptors (Lipinski definition) is 5. The molecule has 0 aliphatic heterocycles. The van der Waals surface area contributed by atoms with Crippen molar-refractivity contribution in [1.82, 2.24) is 0 Å². The standard InChI is InChI=1S/C13H16F8O6S/c14-11(15,28(24,25)26)9(22)27-8(7-4-2-1-3-5-7)6-10(23,12(16,17)18)13(19,20)21/h7-8,23H,1-6H2,(H,24,25,26). The minimum Gasteiger partial charge on any atom is -0.457 e. The third kappa shape index (κ3) is 5.03. The van der Waals surface area contributed by atoms with Crippen LogP contribution in [0.3, 0.4) is 0 Å². The fourth-order valence-corrected chi connectivity index (χ4v) is 3.06. The van der Waals surface area contributed by atoms with Gasteiger partial charge < -0.3 is 9.84 Å². The number of alkyl halides is 8. The summed E-state index contributed by atoms with van der Waals surface area (Å²) >= 11 is 0. The molecule has 0 amide bonds. The molecule has 6 nitrogen and oxygen atoms in total. The quantitative estimate of drug-likeness (QED) is 0.365. The third-order valence-corrected chi connectivity index (χ3v) is 5.24. The summed E-state index contributed by atoms with van der Waals surface area (Å²) < 4.78 is 137. The normalized spacial score (nSPS) is 19.4. The van der Waals surface area contributed by atoms with Crippen molar-refractivity contribution in [2.45, 2.75) is 67.8 Å². The Morgan fingerprint density at radius 3 is 1.75 bits per heavy atom. The SMILES string of the molecule is O=C(OC(CC(O)(C(F)(F)F)C(F)(F)F)C1CCCCC1)C(F)(F)S(=O)(=O)O. The summed E-state index contributed by atoms with van der Waals surface area (Å²) in [5.74, 6) is -4.32. The van der Waals surface area contributed by atoms with Crippen molar-refractivity contribution in [1.29, 1.82) is 0 Å². The Bertz CT molecular complexity index is 651. The van der Waals surface area contributed by atoms with Gasteiger partial charge in [-0.25, -0.2) is 4.79 Å². The summed E-state index contributed by atoms with van der Waals surface area (Å²) in [6.07, 6.45) is -16.6. The minimum absolute atomic E-state index is 0.110. The van der Waals surface area contributed by atoms with Gasteiger partial charge in [0.15, 0.2) is 0 Å². The molecule has 2 N–H and O–H groups in total. The lowest BCUT2D eigenvalue weighted by Crippen LogP contribution is -2.59. The van der Waals surface area contributed by atoms with Crippen LogP contribution in [0.4, 0.5) is 35.1 Å². The fourth-order valence-electron chi connectivity index (χ4n) is 2.81. The fraction of sp³-hybridized carbons (Fsp3) is 0.923. The van der Waals surface area contributed by atoms with Gasteiger partial charge in [0.1, 0.15) is 6.10 Å². The van der Waals surface area contributed by atoms with Crippen molar-refractivity contribution in [3.8, 4) is 0 Å². The molecule has 28 heavy (non-hydrogen) atoms. The number of carbonyl (C=O) groups excluding carboxylic acids is 1. The first-order valence-corrected chi connectivity index (χ1v) is 9.20. The molecule has 1 saturated carbocycles. The maximum absolute atomic E-state index is 13.3. The lowest BCUT2D eigenvalue weighted by molar-refractivity contribution is -0.375. The Kier molecular flexibility index (Phi) is 7.00. The van der Waals surface area contributed by atoms with E-state index in [4.69, 9.17) is 4.55 Å². The summed E-state index contributed by atoms with van der Waals surface area (Å²) in [6, 6.07) is 0. The van der Waals surface area contributed by atoms with Crippen LogP contribution in [0.25, 0.3) is 0 Å². The van der Waals surface area contributed by atoms with Crippen molar-refractivity contribution in [3.63, 3.8) is 0 Å². The second-order valence-electron chi connectivity index (χ2n) is 6.39. The molecular formula is C13H16F8O6S. The zero-order valence-corrected chi connectivity index (χ0v) is 14.7. The second kappa shape index (κ2) is 7.89. The predicted molar refractivity (Wildman–Crippen MR) is 74.6 cm³/mol. The topological polar surface area (TPSA) is 101 Å². The molecule has 0 spiro atoms. The van der Waals surface area contributed by atoms with Gasteiger partial charge in [-0.3, -0.25) is 4.55 Å². The van der Waals surface area contributed by atoms with Gasteiger partial charge in [0.2, 0.25) is 0 Å². The lowest BCUT2D eigenvalue weighted by atomic mass is 9.80. The zero-order chi connectivity index (χ0) is 22.2. The molecule has 1 rings (SSSR count). The van der Waals surface area contributed by atoms with Crippen LogP contribution in [-0.2, 0) is 19.6 Å². The van der Waals surface area contributed by atoms with Crippen LogP contribution in [0.15, 0.2) is 0 Å². The van der Waals surface area contributed by atoms with E-state index in [1.54, 1.807) is 0 Å². The van der Waals surface area contributed by atoms with E-state index in [9.17, 15) is 53.4 Å². The zero-order valence-electron chi connectivity index (χ0n) is 13.9. The van der Waals surface area contributed by atoms with E-state index < -0.39 is 57.7 Å². The molecule has 0 saturated heterocycles. The number of ether oxygens (including phenoxy) is 1. The predicted octanol–water partition coefficient (Wildman–Crippen LogP) is 3.20. The highest BCUT2D eigenvalue weighted by molar-refractivity contribution is 7.87. The third-order valence-electron chi connectivity index (χ3n) is 4.43. The first kappa shape index (κ1) is 24.8. The number of aliphatic hydroxyl groups is 1. The second-order valence-corrected chi connectivity index (χ2v) is 7.86. The maximum Gasteiger partial charge on any atom is 0.465 e. The van der Waals surface area contributed by atoms with Crippen LogP contribution < -0.4 is 0 Å². The molecule has 1 unspecified atom stereocenters. The number of esters is 1. The molecule has 1 aliphatic rings. The number of carbonyl (C=O) groups is 1. The average molecular weight is 452 g/mol. The van der Waals surface area contributed by atoms with E-state index in [0.29, 0.717) is 6.42 Å². The highest BCUT2D eigenvalue weighted by Crippen LogP contribution is 2.48. The Hall–Kier alpha value is -1.22. The van der Waals surface area contributed by atoms with Crippen molar-refractivity contribution >= 4 is 16.1 Å². The van der Waals surface area contributed by atoms with E-state index >= 15 is 0 Å². The molecule has 0 aromatic carbocycles. The first-order chi connectivity index (χ1) is 12.3. The van der Waals surface area contributed by atoms with Gasteiger partial charge in [0, 0.05) is 6.42 Å². The molecule has 1 aliphatic carbocycles. The molecule has 0 radical (unpaired) electrons. The summed E-state index contributed by atoms with van der Waals surface area (Å²) in [5, 5.41) is 3.65. The first-order valence-electron chi connectivity index (χ1n) is 7.76. The smallest absolute Gasteiger partial charge is 0.457 e. The lowest BCUT2D eigenvalue weighted by Gasteiger charge is -2.38. The van der Waals surface area contributed by atoms with Gasteiger partial charge in [-0.2, -0.15) is 43.5 Å². The Balaban J connectivity index is 3.28. The van der Waals surface area contributed by atoms with Crippen LogP contribution in [0.5, 0.6) is 0 Å². The summed E-state index contributed by atoms with van der Waals surface area (Å²) in [6.45, 7) is 0. The number of rotatable bonds is 6. The van der Waals surface area contributed by atoms with Crippen molar-refractivity contribution in [2.75, 3.05) is 0 Å². The molecular weight excluding hydrogens is 436 g/mol. The van der Waals surface area contributed by atoms with Gasteiger partial charge in [-0.15, -0.1) is 0 Å². The van der Waals surface area contributed by atoms with Crippen LogP contribution in [0.2, 0.25) is 0 Å². The van der Waals surface area contributed by atoms with E-state index in [1.165, 1.54) is 0 Å². The van der Waals surface area contributed by atoms with Crippen molar-refractivity contribution < 1.29 is 62.7 Å². The van der Waals surface area contributed by atoms with E-state index in [0.717, 1.165) is 0 Å². The van der Waals surface area contributed by atoms with Gasteiger partial charge in [0.25, 0.3) is 5.60 Å².